The van der Waals surface area contributed by atoms with Crippen LogP contribution in [0.2, 0.25) is 0 Å². The van der Waals surface area contributed by atoms with Crippen molar-refractivity contribution in [3.8, 4) is 5.75 Å². The summed E-state index contributed by atoms with van der Waals surface area (Å²) in [4.78, 5) is 11.5. The van der Waals surface area contributed by atoms with Crippen molar-refractivity contribution in [3.63, 3.8) is 0 Å². The number of hydrogen-bond acceptors (Lipinski definition) is 4. The number of benzene rings is 1. The number of amides is 1. The second-order valence-corrected chi connectivity index (χ2v) is 5.03. The molecule has 0 aliphatic carbocycles. The number of rotatable bonds is 6. The van der Waals surface area contributed by atoms with Gasteiger partial charge in [0.1, 0.15) is 11.4 Å². The summed E-state index contributed by atoms with van der Waals surface area (Å²) in [6.07, 6.45) is 1.52. The second-order valence-electron chi connectivity index (χ2n) is 4.62. The Hall–Kier alpha value is -2.61. The molecule has 8 heteroatoms. The molecule has 1 amide bonds. The quantitative estimate of drug-likeness (QED) is 0.702. The fourth-order valence-corrected chi connectivity index (χ4v) is 2.29. The third kappa shape index (κ3) is 4.19. The first-order chi connectivity index (χ1) is 11.0. The predicted molar refractivity (Wildman–Crippen MR) is 93.9 cm³/mol. The molecule has 0 saturated heterocycles. The lowest BCUT2D eigenvalue weighted by Crippen LogP contribution is -2.23. The van der Waals surface area contributed by atoms with E-state index >= 15 is 0 Å². The van der Waals surface area contributed by atoms with Crippen LogP contribution in [0.5, 0.6) is 5.75 Å². The Kier molecular flexibility index (Phi) is 5.53. The van der Waals surface area contributed by atoms with E-state index < -0.39 is 5.91 Å². The van der Waals surface area contributed by atoms with Crippen LogP contribution in [-0.2, 0) is 6.54 Å². The van der Waals surface area contributed by atoms with Crippen molar-refractivity contribution in [2.24, 2.45) is 5.73 Å². The van der Waals surface area contributed by atoms with Gasteiger partial charge < -0.3 is 21.1 Å². The minimum absolute atomic E-state index is 0.295. The summed E-state index contributed by atoms with van der Waals surface area (Å²) >= 11 is 5.25. The Balaban J connectivity index is 2.05. The monoisotopic (exact) mass is 333 g/mol. The molecule has 0 atom stereocenters. The van der Waals surface area contributed by atoms with Gasteiger partial charge in [-0.05, 0) is 50.3 Å². The highest BCUT2D eigenvalue weighted by molar-refractivity contribution is 7.80. The predicted octanol–water partition coefficient (Wildman–Crippen LogP) is 2.21. The molecule has 7 nitrogen and oxygen atoms in total. The number of nitrogens with one attached hydrogen (secondary N) is 2. The fourth-order valence-electron chi connectivity index (χ4n) is 2.06. The van der Waals surface area contributed by atoms with Gasteiger partial charge in [-0.1, -0.05) is 0 Å². The van der Waals surface area contributed by atoms with E-state index in [1.165, 1.54) is 10.9 Å². The molecule has 1 heterocycles. The zero-order chi connectivity index (χ0) is 16.8. The van der Waals surface area contributed by atoms with E-state index in [1.54, 1.807) is 0 Å². The Labute approximate surface area is 139 Å². The number of carbonyl (C=O) groups excluding carboxylic acids is 1. The number of aryl methyl sites for hydroxylation is 1. The van der Waals surface area contributed by atoms with Crippen LogP contribution >= 0.6 is 12.2 Å². The molecule has 0 aliphatic rings. The zero-order valence-corrected chi connectivity index (χ0v) is 13.8. The molecule has 0 saturated carbocycles. The molecule has 2 aromatic rings. The van der Waals surface area contributed by atoms with Gasteiger partial charge in [0.15, 0.2) is 5.11 Å². The number of carbonyl (C=O) groups is 1. The lowest BCUT2D eigenvalue weighted by Gasteiger charge is -2.11. The van der Waals surface area contributed by atoms with Gasteiger partial charge in [0, 0.05) is 12.2 Å². The molecule has 2 rings (SSSR count). The van der Waals surface area contributed by atoms with Crippen LogP contribution in [0.15, 0.2) is 30.5 Å². The summed E-state index contributed by atoms with van der Waals surface area (Å²) in [5, 5.41) is 10.4. The summed E-state index contributed by atoms with van der Waals surface area (Å²) < 4.78 is 6.90. The maximum atomic E-state index is 11.5. The van der Waals surface area contributed by atoms with Gasteiger partial charge in [0.2, 0.25) is 0 Å². The molecule has 1 aromatic heterocycles. The summed E-state index contributed by atoms with van der Waals surface area (Å²) in [7, 11) is 0. The molecule has 0 unspecified atom stereocenters. The standard InChI is InChI=1S/C15H19N5O2S/c1-3-20-13(14(16)21)12(9-17-20)19-15(23)18-10-5-7-11(8-6-10)22-4-2/h5-9H,3-4H2,1-2H3,(H2,16,21)(H2,18,19,23). The Morgan fingerprint density at radius 3 is 2.57 bits per heavy atom. The summed E-state index contributed by atoms with van der Waals surface area (Å²) in [5.41, 5.74) is 6.96. The van der Waals surface area contributed by atoms with E-state index in [2.05, 4.69) is 15.7 Å². The van der Waals surface area contributed by atoms with Crippen molar-refractivity contribution >= 4 is 34.6 Å². The maximum absolute atomic E-state index is 11.5. The highest BCUT2D eigenvalue weighted by atomic mass is 32.1. The number of aromatic nitrogens is 2. The van der Waals surface area contributed by atoms with Gasteiger partial charge in [-0.2, -0.15) is 5.10 Å². The minimum Gasteiger partial charge on any atom is -0.494 e. The van der Waals surface area contributed by atoms with Crippen molar-refractivity contribution in [2.75, 3.05) is 17.2 Å². The average molecular weight is 333 g/mol. The molecule has 0 radical (unpaired) electrons. The first-order valence-electron chi connectivity index (χ1n) is 7.21. The van der Waals surface area contributed by atoms with Crippen molar-refractivity contribution in [1.82, 2.24) is 9.78 Å². The minimum atomic E-state index is -0.560. The van der Waals surface area contributed by atoms with E-state index in [1.807, 2.05) is 38.1 Å². The smallest absolute Gasteiger partial charge is 0.269 e. The number of nitrogens with two attached hydrogens (primary N) is 1. The Bertz CT molecular complexity index is 696. The molecular formula is C15H19N5O2S. The summed E-state index contributed by atoms with van der Waals surface area (Å²) in [6.45, 7) is 4.96. The number of hydrogen-bond donors (Lipinski definition) is 3. The highest BCUT2D eigenvalue weighted by Crippen LogP contribution is 2.18. The lowest BCUT2D eigenvalue weighted by molar-refractivity contribution is 0.0991. The molecule has 0 aliphatic heterocycles. The highest BCUT2D eigenvalue weighted by Gasteiger charge is 2.16. The van der Waals surface area contributed by atoms with E-state index in [9.17, 15) is 4.79 Å². The van der Waals surface area contributed by atoms with E-state index in [0.29, 0.717) is 29.6 Å². The molecular weight excluding hydrogens is 314 g/mol. The molecule has 122 valence electrons. The number of thiocarbonyl (C=S) groups is 1. The van der Waals surface area contributed by atoms with Crippen molar-refractivity contribution in [1.29, 1.82) is 0 Å². The van der Waals surface area contributed by atoms with Gasteiger partial charge in [0.05, 0.1) is 18.5 Å². The van der Waals surface area contributed by atoms with Crippen molar-refractivity contribution in [2.45, 2.75) is 20.4 Å². The fraction of sp³-hybridized carbons (Fsp3) is 0.267. The van der Waals surface area contributed by atoms with Gasteiger partial charge in [-0.15, -0.1) is 0 Å². The first-order valence-corrected chi connectivity index (χ1v) is 7.62. The lowest BCUT2D eigenvalue weighted by atomic mass is 10.3. The topological polar surface area (TPSA) is 94.2 Å². The van der Waals surface area contributed by atoms with Crippen molar-refractivity contribution in [3.05, 3.63) is 36.2 Å². The second kappa shape index (κ2) is 7.59. The van der Waals surface area contributed by atoms with Crippen LogP contribution in [0.1, 0.15) is 24.3 Å². The van der Waals surface area contributed by atoms with Crippen LogP contribution in [0.3, 0.4) is 0 Å². The number of ether oxygens (including phenoxy) is 1. The van der Waals surface area contributed by atoms with Gasteiger partial charge in [0.25, 0.3) is 5.91 Å². The third-order valence-corrected chi connectivity index (χ3v) is 3.25. The summed E-state index contributed by atoms with van der Waals surface area (Å²) in [5.74, 6) is 0.230. The molecule has 1 aromatic carbocycles. The van der Waals surface area contributed by atoms with Crippen molar-refractivity contribution < 1.29 is 9.53 Å². The number of anilines is 2. The SMILES string of the molecule is CCOc1ccc(NC(=S)Nc2cnn(CC)c2C(N)=O)cc1. The van der Waals surface area contributed by atoms with Gasteiger partial charge >= 0.3 is 0 Å². The molecule has 4 N–H and O–H groups in total. The molecule has 0 bridgehead atoms. The van der Waals surface area contributed by atoms with E-state index in [-0.39, 0.29) is 0 Å². The van der Waals surface area contributed by atoms with E-state index in [4.69, 9.17) is 22.7 Å². The summed E-state index contributed by atoms with van der Waals surface area (Å²) in [6, 6.07) is 7.39. The average Bonchev–Trinajstić information content (AvgIpc) is 2.92. The number of nitrogens with zero attached hydrogens (tertiary/aromatic N) is 2. The van der Waals surface area contributed by atoms with Crippen LogP contribution in [0, 0.1) is 0 Å². The van der Waals surface area contributed by atoms with Crippen LogP contribution in [-0.4, -0.2) is 27.4 Å². The normalized spacial score (nSPS) is 10.2. The maximum Gasteiger partial charge on any atom is 0.269 e. The Morgan fingerprint density at radius 2 is 2.00 bits per heavy atom. The van der Waals surface area contributed by atoms with E-state index in [0.717, 1.165) is 11.4 Å². The van der Waals surface area contributed by atoms with Crippen LogP contribution in [0.4, 0.5) is 11.4 Å². The number of primary amides is 1. The molecule has 0 spiro atoms. The van der Waals surface area contributed by atoms with Crippen LogP contribution in [0.25, 0.3) is 0 Å². The van der Waals surface area contributed by atoms with Gasteiger partial charge in [-0.3, -0.25) is 9.48 Å². The zero-order valence-electron chi connectivity index (χ0n) is 13.0. The third-order valence-electron chi connectivity index (χ3n) is 3.04. The molecule has 0 fully saturated rings. The largest absolute Gasteiger partial charge is 0.494 e. The van der Waals surface area contributed by atoms with Gasteiger partial charge in [-0.25, -0.2) is 0 Å². The first kappa shape index (κ1) is 16.8. The Morgan fingerprint density at radius 1 is 1.30 bits per heavy atom. The molecule has 23 heavy (non-hydrogen) atoms. The van der Waals surface area contributed by atoms with Crippen LogP contribution < -0.4 is 21.1 Å².